The van der Waals surface area contributed by atoms with Crippen molar-refractivity contribution in [3.63, 3.8) is 0 Å². The monoisotopic (exact) mass is 669 g/mol. The molecule has 1 saturated heterocycles. The Morgan fingerprint density at radius 3 is 2.31 bits per heavy atom. The fraction of sp³-hybridized carbons (Fsp3) is 0.263. The molecule has 2 heterocycles. The Morgan fingerprint density at radius 2 is 1.63 bits per heavy atom. The van der Waals surface area contributed by atoms with Crippen LogP contribution in [-0.4, -0.2) is 54.0 Å². The largest absolute Gasteiger partial charge is 0.497 e. The van der Waals surface area contributed by atoms with E-state index >= 15 is 0 Å². The number of aromatic nitrogens is 1. The number of carbonyl (C=O) groups excluding carboxylic acids is 1. The van der Waals surface area contributed by atoms with Gasteiger partial charge in [0.15, 0.2) is 0 Å². The van der Waals surface area contributed by atoms with Gasteiger partial charge in [-0.2, -0.15) is 0 Å². The number of aliphatic hydroxyl groups is 1. The van der Waals surface area contributed by atoms with Crippen molar-refractivity contribution in [3.8, 4) is 22.9 Å². The molecule has 0 bridgehead atoms. The number of carbonyl (C=O) groups is 1. The van der Waals surface area contributed by atoms with Crippen molar-refractivity contribution in [2.75, 3.05) is 32.2 Å². The van der Waals surface area contributed by atoms with Crippen LogP contribution in [0.3, 0.4) is 0 Å². The molecule has 1 aromatic heterocycles. The summed E-state index contributed by atoms with van der Waals surface area (Å²) in [6.07, 6.45) is 2.66. The predicted molar refractivity (Wildman–Crippen MR) is 183 cm³/mol. The molecule has 49 heavy (non-hydrogen) atoms. The lowest BCUT2D eigenvalue weighted by Crippen LogP contribution is -2.35. The predicted octanol–water partition coefficient (Wildman–Crippen LogP) is 6.45. The number of pyridine rings is 1. The summed E-state index contributed by atoms with van der Waals surface area (Å²) in [4.78, 5) is 31.0. The van der Waals surface area contributed by atoms with E-state index in [0.29, 0.717) is 35.0 Å². The van der Waals surface area contributed by atoms with Crippen molar-refractivity contribution in [1.82, 2.24) is 9.47 Å². The molecule has 1 unspecified atom stereocenters. The van der Waals surface area contributed by atoms with Gasteiger partial charge in [0, 0.05) is 67.2 Å². The Morgan fingerprint density at radius 1 is 0.918 bits per heavy atom. The summed E-state index contributed by atoms with van der Waals surface area (Å²) in [5, 5.41) is 10.6. The van der Waals surface area contributed by atoms with Crippen molar-refractivity contribution in [3.05, 3.63) is 124 Å². The van der Waals surface area contributed by atoms with Crippen LogP contribution in [0.2, 0.25) is 0 Å². The molecule has 0 spiro atoms. The third kappa shape index (κ3) is 7.13. The summed E-state index contributed by atoms with van der Waals surface area (Å²) >= 11 is 0. The van der Waals surface area contributed by atoms with Gasteiger partial charge < -0.3 is 28.8 Å². The summed E-state index contributed by atoms with van der Waals surface area (Å²) in [6, 6.07) is 20.9. The lowest BCUT2D eigenvalue weighted by molar-refractivity contribution is 0.0325. The Labute approximate surface area is 282 Å². The number of rotatable bonds is 11. The first-order valence-corrected chi connectivity index (χ1v) is 16.0. The Balaban J connectivity index is 1.41. The number of hydrogen-bond donors (Lipinski definition) is 1. The highest BCUT2D eigenvalue weighted by molar-refractivity contribution is 6.07. The number of aliphatic hydroxyl groups excluding tert-OH is 1. The molecule has 6 rings (SSSR count). The van der Waals surface area contributed by atoms with Gasteiger partial charge in [0.25, 0.3) is 5.91 Å². The van der Waals surface area contributed by atoms with E-state index in [4.69, 9.17) is 14.2 Å². The van der Waals surface area contributed by atoms with E-state index in [0.717, 1.165) is 53.6 Å². The number of anilines is 1. The highest BCUT2D eigenvalue weighted by Crippen LogP contribution is 2.31. The standard InChI is InChI=1S/C38H37F2N3O6/c1-4-42(28-15-26(39)14-27(40)16-28)38(46)34-22-43(35-20-30(47-2)11-12-33(35)37(34)45)29-17-31(48-3)19-32(18-29)49-23-25-9-6-5-8-24(25)21-41-13-7-10-36(41)44/h5-6,8-9,11-12,14-20,22,36,44H,4,7,10,13,21,23H2,1-3H3. The minimum Gasteiger partial charge on any atom is -0.497 e. The summed E-state index contributed by atoms with van der Waals surface area (Å²) in [7, 11) is 3.04. The second kappa shape index (κ2) is 14.5. The Bertz CT molecular complexity index is 2050. The SMILES string of the molecule is CCN(C(=O)c1cn(-c2cc(OC)cc(OCc3ccccc3CN3CCCC3O)c2)c2cc(OC)ccc2c1=O)c1cc(F)cc(F)c1. The van der Waals surface area contributed by atoms with Crippen LogP contribution in [0.5, 0.6) is 17.2 Å². The second-order valence-corrected chi connectivity index (χ2v) is 11.8. The van der Waals surface area contributed by atoms with E-state index in [1.165, 1.54) is 20.4 Å². The zero-order valence-electron chi connectivity index (χ0n) is 27.5. The number of nitrogens with zero attached hydrogens (tertiary/aromatic N) is 3. The van der Waals surface area contributed by atoms with Gasteiger partial charge in [-0.3, -0.25) is 14.5 Å². The van der Waals surface area contributed by atoms with Crippen LogP contribution < -0.4 is 24.5 Å². The van der Waals surface area contributed by atoms with E-state index in [9.17, 15) is 23.5 Å². The number of amides is 1. The van der Waals surface area contributed by atoms with E-state index in [1.54, 1.807) is 47.9 Å². The van der Waals surface area contributed by atoms with Gasteiger partial charge in [-0.25, -0.2) is 8.78 Å². The zero-order chi connectivity index (χ0) is 34.7. The molecule has 5 aromatic rings. The summed E-state index contributed by atoms with van der Waals surface area (Å²) in [5.41, 5.74) is 2.23. The van der Waals surface area contributed by atoms with Gasteiger partial charge in [0.05, 0.1) is 25.4 Å². The third-order valence-corrected chi connectivity index (χ3v) is 8.76. The molecule has 0 saturated carbocycles. The minimum atomic E-state index is -0.843. The van der Waals surface area contributed by atoms with Crippen LogP contribution in [0.1, 0.15) is 41.3 Å². The molecule has 254 valence electrons. The second-order valence-electron chi connectivity index (χ2n) is 11.8. The Kier molecular flexibility index (Phi) is 9.93. The van der Waals surface area contributed by atoms with Crippen molar-refractivity contribution < 1.29 is 32.9 Å². The van der Waals surface area contributed by atoms with Crippen LogP contribution in [0.15, 0.2) is 89.9 Å². The summed E-state index contributed by atoms with van der Waals surface area (Å²) in [6.45, 7) is 3.38. The fourth-order valence-corrected chi connectivity index (χ4v) is 6.20. The average molecular weight is 670 g/mol. The maximum atomic E-state index is 14.2. The number of methoxy groups -OCH3 is 2. The molecule has 11 heteroatoms. The molecule has 1 aliphatic heterocycles. The molecule has 1 atom stereocenters. The average Bonchev–Trinajstić information content (AvgIpc) is 3.51. The van der Waals surface area contributed by atoms with Crippen molar-refractivity contribution in [2.45, 2.75) is 39.1 Å². The van der Waals surface area contributed by atoms with Crippen LogP contribution in [0.4, 0.5) is 14.5 Å². The maximum Gasteiger partial charge on any atom is 0.263 e. The smallest absolute Gasteiger partial charge is 0.263 e. The molecular formula is C38H37F2N3O6. The normalized spacial score (nSPS) is 14.6. The van der Waals surface area contributed by atoms with Crippen molar-refractivity contribution >= 4 is 22.5 Å². The Hall–Kier alpha value is -5.26. The van der Waals surface area contributed by atoms with Crippen LogP contribution in [0, 0.1) is 11.6 Å². The molecule has 9 nitrogen and oxygen atoms in total. The van der Waals surface area contributed by atoms with Gasteiger partial charge in [-0.05, 0) is 55.2 Å². The minimum absolute atomic E-state index is 0.0117. The molecule has 1 fully saturated rings. The van der Waals surface area contributed by atoms with E-state index in [-0.39, 0.29) is 29.8 Å². The fourth-order valence-electron chi connectivity index (χ4n) is 6.20. The van der Waals surface area contributed by atoms with Crippen LogP contribution in [-0.2, 0) is 13.2 Å². The van der Waals surface area contributed by atoms with Crippen LogP contribution >= 0.6 is 0 Å². The quantitative estimate of drug-likeness (QED) is 0.173. The molecule has 0 aliphatic carbocycles. The first kappa shape index (κ1) is 33.6. The van der Waals surface area contributed by atoms with Crippen molar-refractivity contribution in [1.29, 1.82) is 0 Å². The molecular weight excluding hydrogens is 632 g/mol. The number of halogens is 2. The van der Waals surface area contributed by atoms with Gasteiger partial charge >= 0.3 is 0 Å². The van der Waals surface area contributed by atoms with E-state index < -0.39 is 29.2 Å². The molecule has 4 aromatic carbocycles. The van der Waals surface area contributed by atoms with Gasteiger partial charge in [0.1, 0.15) is 47.3 Å². The summed E-state index contributed by atoms with van der Waals surface area (Å²) < 4.78 is 47.4. The maximum absolute atomic E-state index is 14.2. The van der Waals surface area contributed by atoms with Gasteiger partial charge in [0.2, 0.25) is 5.43 Å². The summed E-state index contributed by atoms with van der Waals surface area (Å²) in [5.74, 6) is -0.978. The molecule has 1 aliphatic rings. The van der Waals surface area contributed by atoms with Crippen molar-refractivity contribution in [2.24, 2.45) is 0 Å². The van der Waals surface area contributed by atoms with Crippen LogP contribution in [0.25, 0.3) is 16.6 Å². The lowest BCUT2D eigenvalue weighted by atomic mass is 10.1. The number of benzene rings is 4. The lowest BCUT2D eigenvalue weighted by Gasteiger charge is -2.23. The number of hydrogen-bond acceptors (Lipinski definition) is 7. The number of ether oxygens (including phenoxy) is 3. The third-order valence-electron chi connectivity index (χ3n) is 8.76. The molecule has 0 radical (unpaired) electrons. The number of likely N-dealkylation sites (tertiary alicyclic amines) is 1. The first-order valence-electron chi connectivity index (χ1n) is 16.0. The number of fused-ring (bicyclic) bond motifs is 1. The molecule has 1 amide bonds. The van der Waals surface area contributed by atoms with Gasteiger partial charge in [-0.1, -0.05) is 24.3 Å². The van der Waals surface area contributed by atoms with Gasteiger partial charge in [-0.15, -0.1) is 0 Å². The highest BCUT2D eigenvalue weighted by atomic mass is 19.1. The first-order chi connectivity index (χ1) is 23.7. The zero-order valence-corrected chi connectivity index (χ0v) is 27.5. The van der Waals surface area contributed by atoms with E-state index in [2.05, 4.69) is 0 Å². The highest BCUT2D eigenvalue weighted by Gasteiger charge is 2.25. The topological polar surface area (TPSA) is 93.5 Å². The van der Waals surface area contributed by atoms with E-state index in [1.807, 2.05) is 29.2 Å². The molecule has 1 N–H and O–H groups in total.